The van der Waals surface area contributed by atoms with Crippen molar-refractivity contribution in [3.8, 4) is 0 Å². The molecule has 2 nitrogen and oxygen atoms in total. The van der Waals surface area contributed by atoms with Crippen molar-refractivity contribution >= 4 is 0 Å². The van der Waals surface area contributed by atoms with E-state index in [-0.39, 0.29) is 0 Å². The van der Waals surface area contributed by atoms with Crippen molar-refractivity contribution in [2.75, 3.05) is 6.54 Å². The molecule has 0 heterocycles. The van der Waals surface area contributed by atoms with E-state index in [9.17, 15) is 0 Å². The molecule has 0 aromatic heterocycles. The summed E-state index contributed by atoms with van der Waals surface area (Å²) in [6.07, 6.45) is 5.54. The van der Waals surface area contributed by atoms with Crippen LogP contribution in [0.5, 0.6) is 0 Å². The van der Waals surface area contributed by atoms with Gasteiger partial charge in [-0.2, -0.15) is 0 Å². The monoisotopic (exact) mass is 259 g/mol. The molecule has 0 saturated carbocycles. The Morgan fingerprint density at radius 2 is 1.89 bits per heavy atom. The molecule has 0 spiro atoms. The average Bonchev–Trinajstić information content (AvgIpc) is 2.48. The maximum Gasteiger partial charge on any atom is 0.113 e. The summed E-state index contributed by atoms with van der Waals surface area (Å²) in [7, 11) is 0. The molecule has 0 saturated heterocycles. The molecule has 1 aromatic rings. The van der Waals surface area contributed by atoms with E-state index in [1.807, 2.05) is 63.3 Å². The van der Waals surface area contributed by atoms with Gasteiger partial charge in [-0.3, -0.25) is 0 Å². The molecule has 0 aliphatic rings. The second kappa shape index (κ2) is 11.3. The van der Waals surface area contributed by atoms with Gasteiger partial charge >= 0.3 is 0 Å². The second-order valence-electron chi connectivity index (χ2n) is 3.71. The van der Waals surface area contributed by atoms with Crippen LogP contribution in [0.3, 0.4) is 0 Å². The highest BCUT2D eigenvalue weighted by Gasteiger charge is 1.95. The average molecular weight is 259 g/mol. The Morgan fingerprint density at radius 3 is 2.42 bits per heavy atom. The second-order valence-corrected chi connectivity index (χ2v) is 3.71. The minimum atomic E-state index is 0.484. The molecule has 0 radical (unpaired) electrons. The fourth-order valence-electron chi connectivity index (χ4n) is 1.40. The van der Waals surface area contributed by atoms with Gasteiger partial charge in [0, 0.05) is 6.54 Å². The molecular weight excluding hydrogens is 234 g/mol. The zero-order valence-corrected chi connectivity index (χ0v) is 12.2. The molecule has 0 amide bonds. The van der Waals surface area contributed by atoms with Crippen LogP contribution in [0.15, 0.2) is 66.5 Å². The SMILES string of the molecule is C=C/C=C(\C=C(/C)OCc1ccccc1)CN.CC. The highest BCUT2D eigenvalue weighted by molar-refractivity contribution is 5.25. The number of hydrogen-bond acceptors (Lipinski definition) is 2. The summed E-state index contributed by atoms with van der Waals surface area (Å²) < 4.78 is 5.64. The molecule has 0 aliphatic heterocycles. The van der Waals surface area contributed by atoms with Gasteiger partial charge in [-0.25, -0.2) is 0 Å². The fourth-order valence-corrected chi connectivity index (χ4v) is 1.40. The third-order valence-electron chi connectivity index (χ3n) is 2.27. The van der Waals surface area contributed by atoms with Gasteiger partial charge in [-0.05, 0) is 24.1 Å². The van der Waals surface area contributed by atoms with E-state index in [4.69, 9.17) is 10.5 Å². The number of nitrogens with two attached hydrogens (primary N) is 1. The normalized spacial score (nSPS) is 11.4. The predicted molar refractivity (Wildman–Crippen MR) is 83.7 cm³/mol. The van der Waals surface area contributed by atoms with Gasteiger partial charge in [0.1, 0.15) is 6.61 Å². The molecule has 2 heteroatoms. The van der Waals surface area contributed by atoms with Crippen LogP contribution in [-0.2, 0) is 11.3 Å². The maximum atomic E-state index is 5.64. The summed E-state index contributed by atoms with van der Waals surface area (Å²) in [4.78, 5) is 0. The summed E-state index contributed by atoms with van der Waals surface area (Å²) in [5.41, 5.74) is 7.76. The predicted octanol–water partition coefficient (Wildman–Crippen LogP) is 4.20. The van der Waals surface area contributed by atoms with E-state index in [0.717, 1.165) is 16.9 Å². The first-order chi connectivity index (χ1) is 9.26. The van der Waals surface area contributed by atoms with Gasteiger partial charge < -0.3 is 10.5 Å². The van der Waals surface area contributed by atoms with E-state index in [2.05, 4.69) is 6.58 Å². The molecule has 0 fully saturated rings. The van der Waals surface area contributed by atoms with E-state index in [0.29, 0.717) is 13.2 Å². The minimum absolute atomic E-state index is 0.484. The van der Waals surface area contributed by atoms with E-state index < -0.39 is 0 Å². The van der Waals surface area contributed by atoms with Crippen molar-refractivity contribution in [2.24, 2.45) is 5.73 Å². The van der Waals surface area contributed by atoms with Gasteiger partial charge in [0.25, 0.3) is 0 Å². The molecule has 19 heavy (non-hydrogen) atoms. The first-order valence-corrected chi connectivity index (χ1v) is 6.63. The van der Waals surface area contributed by atoms with Crippen LogP contribution in [0.4, 0.5) is 0 Å². The van der Waals surface area contributed by atoms with Gasteiger partial charge in [0.05, 0.1) is 5.76 Å². The van der Waals surface area contributed by atoms with Gasteiger partial charge in [0.15, 0.2) is 0 Å². The Kier molecular flexibility index (Phi) is 10.2. The zero-order chi connectivity index (χ0) is 14.5. The highest BCUT2D eigenvalue weighted by atomic mass is 16.5. The fraction of sp³-hybridized carbons (Fsp3) is 0.294. The van der Waals surface area contributed by atoms with Gasteiger partial charge in [-0.1, -0.05) is 62.9 Å². The smallest absolute Gasteiger partial charge is 0.113 e. The lowest BCUT2D eigenvalue weighted by atomic mass is 10.2. The third kappa shape index (κ3) is 8.01. The number of allylic oxidation sites excluding steroid dienone is 3. The Hall–Kier alpha value is -1.80. The molecule has 0 atom stereocenters. The van der Waals surface area contributed by atoms with E-state index in [1.165, 1.54) is 0 Å². The molecule has 0 unspecified atom stereocenters. The molecule has 2 N–H and O–H groups in total. The van der Waals surface area contributed by atoms with Crippen LogP contribution in [-0.4, -0.2) is 6.54 Å². The van der Waals surface area contributed by atoms with Crippen molar-refractivity contribution in [2.45, 2.75) is 27.4 Å². The Bertz CT molecular complexity index is 405. The number of rotatable bonds is 6. The lowest BCUT2D eigenvalue weighted by Crippen LogP contribution is -2.02. The van der Waals surface area contributed by atoms with Crippen molar-refractivity contribution in [3.05, 3.63) is 72.0 Å². The summed E-state index contributed by atoms with van der Waals surface area (Å²) in [6.45, 7) is 10.6. The van der Waals surface area contributed by atoms with Gasteiger partial charge in [0.2, 0.25) is 0 Å². The van der Waals surface area contributed by atoms with Crippen molar-refractivity contribution < 1.29 is 4.74 Å². The maximum absolute atomic E-state index is 5.64. The van der Waals surface area contributed by atoms with E-state index >= 15 is 0 Å². The quantitative estimate of drug-likeness (QED) is 0.613. The summed E-state index contributed by atoms with van der Waals surface area (Å²) >= 11 is 0. The van der Waals surface area contributed by atoms with Crippen molar-refractivity contribution in [1.82, 2.24) is 0 Å². The minimum Gasteiger partial charge on any atom is -0.494 e. The first-order valence-electron chi connectivity index (χ1n) is 6.63. The summed E-state index contributed by atoms with van der Waals surface area (Å²) in [5.74, 6) is 0.854. The number of benzene rings is 1. The number of hydrogen-bond donors (Lipinski definition) is 1. The topological polar surface area (TPSA) is 35.2 Å². The Balaban J connectivity index is 0.00000154. The lowest BCUT2D eigenvalue weighted by molar-refractivity contribution is 0.200. The number of ether oxygens (including phenoxy) is 1. The highest BCUT2D eigenvalue weighted by Crippen LogP contribution is 2.07. The zero-order valence-electron chi connectivity index (χ0n) is 12.2. The largest absolute Gasteiger partial charge is 0.494 e. The summed E-state index contributed by atoms with van der Waals surface area (Å²) in [6, 6.07) is 10.1. The van der Waals surface area contributed by atoms with Crippen LogP contribution >= 0.6 is 0 Å². The third-order valence-corrected chi connectivity index (χ3v) is 2.27. The molecule has 0 bridgehead atoms. The standard InChI is InChI=1S/C15H19NO.C2H6/c1-3-7-15(11-16)10-13(2)17-12-14-8-5-4-6-9-14;1-2/h3-10H,1,11-12,16H2,2H3;1-2H3/b13-10+,15-7+;. The molecular formula is C17H25NO. The van der Waals surface area contributed by atoms with Gasteiger partial charge in [-0.15, -0.1) is 0 Å². The van der Waals surface area contributed by atoms with Crippen LogP contribution in [0.2, 0.25) is 0 Å². The Labute approximate surface area is 117 Å². The molecule has 1 aromatic carbocycles. The van der Waals surface area contributed by atoms with Crippen LogP contribution in [0, 0.1) is 0 Å². The molecule has 0 aliphatic carbocycles. The summed E-state index contributed by atoms with van der Waals surface area (Å²) in [5, 5.41) is 0. The lowest BCUT2D eigenvalue weighted by Gasteiger charge is -2.07. The van der Waals surface area contributed by atoms with Crippen molar-refractivity contribution in [3.63, 3.8) is 0 Å². The van der Waals surface area contributed by atoms with Crippen LogP contribution < -0.4 is 5.73 Å². The van der Waals surface area contributed by atoms with E-state index in [1.54, 1.807) is 6.08 Å². The van der Waals surface area contributed by atoms with Crippen LogP contribution in [0.25, 0.3) is 0 Å². The van der Waals surface area contributed by atoms with Crippen LogP contribution in [0.1, 0.15) is 26.3 Å². The molecule has 104 valence electrons. The Morgan fingerprint density at radius 1 is 1.26 bits per heavy atom. The van der Waals surface area contributed by atoms with Crippen molar-refractivity contribution in [1.29, 1.82) is 0 Å². The molecule has 1 rings (SSSR count). The first kappa shape index (κ1) is 17.2.